The van der Waals surface area contributed by atoms with E-state index in [-0.39, 0.29) is 5.91 Å². The van der Waals surface area contributed by atoms with Crippen molar-refractivity contribution < 1.29 is 4.79 Å². The van der Waals surface area contributed by atoms with Gasteiger partial charge in [-0.2, -0.15) is 0 Å². The molecule has 4 aromatic rings. The molecule has 0 unspecified atom stereocenters. The number of carbonyl (C=O) groups excluding carboxylic acids is 1. The Bertz CT molecular complexity index is 1210. The van der Waals surface area contributed by atoms with E-state index in [9.17, 15) is 4.79 Å². The third kappa shape index (κ3) is 3.90. The molecule has 0 bridgehead atoms. The first-order valence-electron chi connectivity index (χ1n) is 8.43. The molecule has 3 aromatic carbocycles. The fourth-order valence-electron chi connectivity index (χ4n) is 2.94. The maximum atomic E-state index is 13.1. The molecule has 3 nitrogen and oxygen atoms in total. The predicted octanol–water partition coefficient (Wildman–Crippen LogP) is 7.22. The Hall–Kier alpha value is -2.40. The van der Waals surface area contributed by atoms with E-state index >= 15 is 0 Å². The largest absolute Gasteiger partial charge is 0.321 e. The summed E-state index contributed by atoms with van der Waals surface area (Å²) in [6.45, 7) is 0. The molecule has 0 aliphatic carbocycles. The number of halogens is 3. The summed E-state index contributed by atoms with van der Waals surface area (Å²) in [7, 11) is 0. The molecule has 0 fully saturated rings. The molecule has 4 rings (SSSR count). The van der Waals surface area contributed by atoms with Crippen molar-refractivity contribution in [2.75, 3.05) is 5.32 Å². The van der Waals surface area contributed by atoms with Crippen LogP contribution in [0.2, 0.25) is 10.0 Å². The molecule has 1 heterocycles. The van der Waals surface area contributed by atoms with E-state index in [1.165, 1.54) is 0 Å². The first-order valence-corrected chi connectivity index (χ1v) is 9.98. The van der Waals surface area contributed by atoms with Crippen LogP contribution in [0.15, 0.2) is 77.3 Å². The molecule has 6 heteroatoms. The number of carbonyl (C=O) groups is 1. The SMILES string of the molecule is O=C(Nc1ccc(Cl)cc1Cl)c1cc(-c2cccc(Br)c2)nc2ccccc12. The highest BCUT2D eigenvalue weighted by Crippen LogP contribution is 2.29. The van der Waals surface area contributed by atoms with Gasteiger partial charge in [0.15, 0.2) is 0 Å². The number of aromatic nitrogens is 1. The number of para-hydroxylation sites is 1. The minimum Gasteiger partial charge on any atom is -0.321 e. The minimum absolute atomic E-state index is 0.265. The summed E-state index contributed by atoms with van der Waals surface area (Å²) in [6, 6.07) is 22.1. The average Bonchev–Trinajstić information content (AvgIpc) is 2.69. The zero-order valence-corrected chi connectivity index (χ0v) is 17.5. The van der Waals surface area contributed by atoms with Crippen molar-refractivity contribution in [3.8, 4) is 11.3 Å². The lowest BCUT2D eigenvalue weighted by Crippen LogP contribution is -2.13. The van der Waals surface area contributed by atoms with Crippen molar-refractivity contribution >= 4 is 61.6 Å². The van der Waals surface area contributed by atoms with Gasteiger partial charge < -0.3 is 5.32 Å². The molecule has 28 heavy (non-hydrogen) atoms. The maximum Gasteiger partial charge on any atom is 0.256 e. The van der Waals surface area contributed by atoms with E-state index in [4.69, 9.17) is 28.2 Å². The summed E-state index contributed by atoms with van der Waals surface area (Å²) < 4.78 is 0.943. The molecule has 1 aromatic heterocycles. The summed E-state index contributed by atoms with van der Waals surface area (Å²) in [5, 5.41) is 4.53. The van der Waals surface area contributed by atoms with Crippen LogP contribution in [0.5, 0.6) is 0 Å². The Morgan fingerprint density at radius 2 is 1.75 bits per heavy atom. The molecule has 0 atom stereocenters. The Morgan fingerprint density at radius 1 is 0.929 bits per heavy atom. The smallest absolute Gasteiger partial charge is 0.256 e. The Balaban J connectivity index is 1.81. The standard InChI is InChI=1S/C22H13BrCl2N2O/c23-14-5-3-4-13(10-14)21-12-17(16-6-1-2-7-19(16)26-21)22(28)27-20-9-8-15(24)11-18(20)25/h1-12H,(H,27,28). The fourth-order valence-corrected chi connectivity index (χ4v) is 3.79. The molecule has 0 radical (unpaired) electrons. The highest BCUT2D eigenvalue weighted by atomic mass is 79.9. The number of hydrogen-bond acceptors (Lipinski definition) is 2. The maximum absolute atomic E-state index is 13.1. The Morgan fingerprint density at radius 3 is 2.54 bits per heavy atom. The summed E-state index contributed by atoms with van der Waals surface area (Å²) in [5.74, 6) is -0.265. The van der Waals surface area contributed by atoms with E-state index in [1.54, 1.807) is 24.3 Å². The van der Waals surface area contributed by atoms with Crippen LogP contribution >= 0.6 is 39.1 Å². The highest BCUT2D eigenvalue weighted by molar-refractivity contribution is 9.10. The molecule has 0 aliphatic heterocycles. The zero-order chi connectivity index (χ0) is 19.7. The molecule has 1 N–H and O–H groups in total. The van der Waals surface area contributed by atoms with Gasteiger partial charge in [0.1, 0.15) is 0 Å². The number of hydrogen-bond donors (Lipinski definition) is 1. The molecule has 0 spiro atoms. The third-order valence-corrected chi connectivity index (χ3v) is 5.30. The molecule has 1 amide bonds. The predicted molar refractivity (Wildman–Crippen MR) is 119 cm³/mol. The van der Waals surface area contributed by atoms with Crippen molar-refractivity contribution in [2.24, 2.45) is 0 Å². The monoisotopic (exact) mass is 470 g/mol. The molecular weight excluding hydrogens is 459 g/mol. The van der Waals surface area contributed by atoms with Gasteiger partial charge in [-0.3, -0.25) is 4.79 Å². The van der Waals surface area contributed by atoms with Crippen molar-refractivity contribution in [1.29, 1.82) is 0 Å². The van der Waals surface area contributed by atoms with E-state index in [2.05, 4.69) is 21.2 Å². The summed E-state index contributed by atoms with van der Waals surface area (Å²) in [6.07, 6.45) is 0. The number of amides is 1. The topological polar surface area (TPSA) is 42.0 Å². The van der Waals surface area contributed by atoms with Crippen LogP contribution in [0.4, 0.5) is 5.69 Å². The molecule has 0 saturated heterocycles. The zero-order valence-electron chi connectivity index (χ0n) is 14.4. The van der Waals surface area contributed by atoms with Crippen molar-refractivity contribution in [3.05, 3.63) is 92.9 Å². The van der Waals surface area contributed by atoms with Crippen LogP contribution in [0.1, 0.15) is 10.4 Å². The first kappa shape index (κ1) is 18.9. The second kappa shape index (κ2) is 7.92. The van der Waals surface area contributed by atoms with Gasteiger partial charge in [-0.15, -0.1) is 0 Å². The van der Waals surface area contributed by atoms with Crippen LogP contribution < -0.4 is 5.32 Å². The van der Waals surface area contributed by atoms with Gasteiger partial charge in [0.25, 0.3) is 5.91 Å². The van der Waals surface area contributed by atoms with E-state index in [1.807, 2.05) is 48.5 Å². The van der Waals surface area contributed by atoms with Gasteiger partial charge in [0, 0.05) is 20.4 Å². The van der Waals surface area contributed by atoms with Crippen LogP contribution in [0, 0.1) is 0 Å². The van der Waals surface area contributed by atoms with Gasteiger partial charge in [0.2, 0.25) is 0 Å². The number of benzene rings is 3. The van der Waals surface area contributed by atoms with Gasteiger partial charge in [-0.1, -0.05) is 69.5 Å². The lowest BCUT2D eigenvalue weighted by Gasteiger charge is -2.12. The lowest BCUT2D eigenvalue weighted by molar-refractivity contribution is 0.102. The van der Waals surface area contributed by atoms with Gasteiger partial charge in [-0.05, 0) is 42.5 Å². The van der Waals surface area contributed by atoms with Crippen molar-refractivity contribution in [1.82, 2.24) is 4.98 Å². The van der Waals surface area contributed by atoms with Gasteiger partial charge >= 0.3 is 0 Å². The molecule has 138 valence electrons. The van der Waals surface area contributed by atoms with Gasteiger partial charge in [0.05, 0.1) is 27.5 Å². The number of nitrogens with one attached hydrogen (secondary N) is 1. The van der Waals surface area contributed by atoms with E-state index in [0.29, 0.717) is 27.0 Å². The molecule has 0 aliphatic rings. The number of anilines is 1. The number of rotatable bonds is 3. The number of pyridine rings is 1. The third-order valence-electron chi connectivity index (χ3n) is 4.26. The second-order valence-corrected chi connectivity index (χ2v) is 7.92. The van der Waals surface area contributed by atoms with Gasteiger partial charge in [-0.25, -0.2) is 4.98 Å². The van der Waals surface area contributed by atoms with Crippen molar-refractivity contribution in [2.45, 2.75) is 0 Å². The first-order chi connectivity index (χ1) is 13.5. The molecule has 0 saturated carbocycles. The van der Waals surface area contributed by atoms with Crippen LogP contribution in [-0.2, 0) is 0 Å². The summed E-state index contributed by atoms with van der Waals surface area (Å²) >= 11 is 15.6. The van der Waals surface area contributed by atoms with E-state index < -0.39 is 0 Å². The number of nitrogens with zero attached hydrogens (tertiary/aromatic N) is 1. The number of fused-ring (bicyclic) bond motifs is 1. The van der Waals surface area contributed by atoms with Crippen LogP contribution in [-0.4, -0.2) is 10.9 Å². The van der Waals surface area contributed by atoms with E-state index in [0.717, 1.165) is 20.9 Å². The minimum atomic E-state index is -0.265. The summed E-state index contributed by atoms with van der Waals surface area (Å²) in [4.78, 5) is 17.8. The van der Waals surface area contributed by atoms with Crippen LogP contribution in [0.25, 0.3) is 22.2 Å². The highest BCUT2D eigenvalue weighted by Gasteiger charge is 2.15. The second-order valence-electron chi connectivity index (χ2n) is 6.16. The Labute approximate surface area is 180 Å². The Kier molecular flexibility index (Phi) is 5.36. The fraction of sp³-hybridized carbons (Fsp3) is 0. The molecular formula is C22H13BrCl2N2O. The normalized spacial score (nSPS) is 10.8. The quantitative estimate of drug-likeness (QED) is 0.342. The van der Waals surface area contributed by atoms with Crippen molar-refractivity contribution in [3.63, 3.8) is 0 Å². The summed E-state index contributed by atoms with van der Waals surface area (Å²) in [5.41, 5.74) is 3.39. The van der Waals surface area contributed by atoms with Crippen LogP contribution in [0.3, 0.4) is 0 Å². The lowest BCUT2D eigenvalue weighted by atomic mass is 10.0. The average molecular weight is 472 g/mol.